The van der Waals surface area contributed by atoms with Crippen molar-refractivity contribution in [3.05, 3.63) is 87.3 Å². The van der Waals surface area contributed by atoms with Gasteiger partial charge in [0.25, 0.3) is 6.47 Å². The quantitative estimate of drug-likeness (QED) is 0.251. The van der Waals surface area contributed by atoms with E-state index in [-0.39, 0.29) is 22.0 Å². The smallest absolute Gasteiger partial charge is 0.418 e. The monoisotopic (exact) mass is 555 g/mol. The third kappa shape index (κ3) is 8.40. The first-order chi connectivity index (χ1) is 17.2. The maximum absolute atomic E-state index is 13.7. The van der Waals surface area contributed by atoms with Gasteiger partial charge in [0.05, 0.1) is 17.8 Å². The predicted molar refractivity (Wildman–Crippen MR) is 140 cm³/mol. The molecule has 1 aliphatic heterocycles. The van der Waals surface area contributed by atoms with E-state index in [4.69, 9.17) is 11.6 Å². The summed E-state index contributed by atoms with van der Waals surface area (Å²) in [6, 6.07) is 7.15. The van der Waals surface area contributed by atoms with Crippen LogP contribution >= 0.6 is 22.9 Å². The predicted octanol–water partition coefficient (Wildman–Crippen LogP) is 6.49. The zero-order valence-corrected chi connectivity index (χ0v) is 22.7. The van der Waals surface area contributed by atoms with E-state index in [9.17, 15) is 22.8 Å². The highest BCUT2D eigenvalue weighted by atomic mass is 35.5. The summed E-state index contributed by atoms with van der Waals surface area (Å²) in [6.07, 6.45) is -0.423. The number of hydrogen-bond donors (Lipinski definition) is 1. The molecule has 0 fully saturated rings. The van der Waals surface area contributed by atoms with Gasteiger partial charge in [0, 0.05) is 41.2 Å². The molecule has 0 aromatic carbocycles. The molecule has 0 radical (unpaired) electrons. The number of aryl methyl sites for hydroxylation is 1. The van der Waals surface area contributed by atoms with Gasteiger partial charge in [0.15, 0.2) is 0 Å². The van der Waals surface area contributed by atoms with E-state index in [1.807, 2.05) is 38.3 Å². The summed E-state index contributed by atoms with van der Waals surface area (Å²) >= 11 is 7.87. The molecule has 0 saturated carbocycles. The van der Waals surface area contributed by atoms with Crippen molar-refractivity contribution in [3.63, 3.8) is 0 Å². The second kappa shape index (κ2) is 12.3. The number of aromatic nitrogens is 1. The summed E-state index contributed by atoms with van der Waals surface area (Å²) in [5.74, 6) is -0.474. The Balaban J connectivity index is 0.000000604. The number of ether oxygens (including phenoxy) is 1. The molecule has 2 aromatic rings. The van der Waals surface area contributed by atoms with E-state index < -0.39 is 17.7 Å². The summed E-state index contributed by atoms with van der Waals surface area (Å²) in [6.45, 7) is 11.3. The number of amides is 1. The Hall–Kier alpha value is -3.24. The highest BCUT2D eigenvalue weighted by molar-refractivity contribution is 7.09. The summed E-state index contributed by atoms with van der Waals surface area (Å²) < 4.78 is 47.2. The largest absolute Gasteiger partial charge is 0.462 e. The van der Waals surface area contributed by atoms with Crippen molar-refractivity contribution in [3.8, 4) is 0 Å². The highest BCUT2D eigenvalue weighted by Gasteiger charge is 2.40. The van der Waals surface area contributed by atoms with Crippen LogP contribution < -0.4 is 5.32 Å². The van der Waals surface area contributed by atoms with E-state index in [0.717, 1.165) is 15.9 Å². The Morgan fingerprint density at radius 3 is 2.38 bits per heavy atom. The van der Waals surface area contributed by atoms with Gasteiger partial charge in [0.2, 0.25) is 5.91 Å². The standard InChI is InChI=1S/C21H19ClF3N3OS.C5H10O2/c1-13(20(29)26-11-16-6-5-9-30-16)19(22)28-12-15(18-7-4-8-27(18)3)10-17(14(28)2)21(23,24)25;1-5(2,3)7-4-6/h4-10,12H,2,11H2,1,3H3,(H,26,29);4H,1-3H3/b19-13+;. The molecule has 0 saturated heterocycles. The normalized spacial score (nSPS) is 14.6. The van der Waals surface area contributed by atoms with E-state index in [1.165, 1.54) is 24.5 Å². The molecule has 3 heterocycles. The first-order valence-electron chi connectivity index (χ1n) is 11.0. The van der Waals surface area contributed by atoms with E-state index in [0.29, 0.717) is 24.3 Å². The molecule has 3 rings (SSSR count). The van der Waals surface area contributed by atoms with Crippen LogP contribution in [0.3, 0.4) is 0 Å². The van der Waals surface area contributed by atoms with Gasteiger partial charge in [-0.05, 0) is 57.4 Å². The maximum Gasteiger partial charge on any atom is 0.418 e. The lowest BCUT2D eigenvalue weighted by molar-refractivity contribution is -0.138. The van der Waals surface area contributed by atoms with Crippen LogP contribution in [-0.2, 0) is 27.9 Å². The maximum atomic E-state index is 13.7. The van der Waals surface area contributed by atoms with Gasteiger partial charge in [-0.25, -0.2) is 0 Å². The average molecular weight is 556 g/mol. The van der Waals surface area contributed by atoms with Gasteiger partial charge in [0.1, 0.15) is 10.8 Å². The van der Waals surface area contributed by atoms with Crippen LogP contribution in [0.5, 0.6) is 0 Å². The molecule has 2 aromatic heterocycles. The molecule has 1 aliphatic rings. The number of nitrogens with one attached hydrogen (secondary N) is 1. The number of alkyl halides is 3. The number of rotatable bonds is 6. The number of allylic oxidation sites excluding steroid dienone is 3. The van der Waals surface area contributed by atoms with Crippen molar-refractivity contribution >= 4 is 40.9 Å². The van der Waals surface area contributed by atoms with Crippen LogP contribution in [0.2, 0.25) is 0 Å². The van der Waals surface area contributed by atoms with E-state index in [2.05, 4.69) is 16.6 Å². The Labute approximate surface area is 223 Å². The van der Waals surface area contributed by atoms with Crippen molar-refractivity contribution in [1.29, 1.82) is 0 Å². The lowest BCUT2D eigenvalue weighted by Gasteiger charge is -2.30. The molecular formula is C26H29ClF3N3O3S. The third-order valence-corrected chi connectivity index (χ3v) is 6.32. The van der Waals surface area contributed by atoms with Gasteiger partial charge >= 0.3 is 6.18 Å². The number of carbonyl (C=O) groups excluding carboxylic acids is 2. The summed E-state index contributed by atoms with van der Waals surface area (Å²) in [5.41, 5.74) is -0.644. The van der Waals surface area contributed by atoms with E-state index >= 15 is 0 Å². The molecule has 1 amide bonds. The van der Waals surface area contributed by atoms with Crippen molar-refractivity contribution in [2.75, 3.05) is 0 Å². The minimum atomic E-state index is -4.63. The molecule has 0 aliphatic carbocycles. The van der Waals surface area contributed by atoms with Gasteiger partial charge in [-0.15, -0.1) is 11.3 Å². The number of nitrogens with zero attached hydrogens (tertiary/aromatic N) is 2. The fourth-order valence-corrected chi connectivity index (χ4v) is 3.96. The fraction of sp³-hybridized carbons (Fsp3) is 0.308. The lowest BCUT2D eigenvalue weighted by atomic mass is 10.0. The van der Waals surface area contributed by atoms with Gasteiger partial charge < -0.3 is 19.5 Å². The summed E-state index contributed by atoms with van der Waals surface area (Å²) in [4.78, 5) is 24.2. The number of thiophene rings is 1. The molecule has 1 N–H and O–H groups in total. The van der Waals surface area contributed by atoms with Gasteiger partial charge in [-0.2, -0.15) is 13.2 Å². The highest BCUT2D eigenvalue weighted by Crippen LogP contribution is 2.40. The summed E-state index contributed by atoms with van der Waals surface area (Å²) in [7, 11) is 1.73. The van der Waals surface area contributed by atoms with Gasteiger partial charge in [-0.3, -0.25) is 9.59 Å². The molecule has 0 spiro atoms. The second-order valence-electron chi connectivity index (χ2n) is 8.97. The Bertz CT molecular complexity index is 1220. The van der Waals surface area contributed by atoms with Crippen LogP contribution in [0, 0.1) is 0 Å². The molecule has 11 heteroatoms. The first kappa shape index (κ1) is 30.0. The van der Waals surface area contributed by atoms with Crippen molar-refractivity contribution in [2.45, 2.75) is 46.0 Å². The SMILES string of the molecule is C=C1C(C(F)(F)F)=CC(c2cccn2C)=CN1/C(Cl)=C(\C)C(=O)NCc1cccs1.CC(C)(C)OC=O. The molecule has 0 atom stereocenters. The first-order valence-corrected chi connectivity index (χ1v) is 12.3. The van der Waals surface area contributed by atoms with Crippen molar-refractivity contribution in [2.24, 2.45) is 7.05 Å². The van der Waals surface area contributed by atoms with Crippen LogP contribution in [0.1, 0.15) is 38.3 Å². The zero-order valence-electron chi connectivity index (χ0n) is 21.1. The fourth-order valence-electron chi connectivity index (χ4n) is 3.08. The third-order valence-electron chi connectivity index (χ3n) is 4.98. The van der Waals surface area contributed by atoms with Crippen molar-refractivity contribution in [1.82, 2.24) is 14.8 Å². The summed E-state index contributed by atoms with van der Waals surface area (Å²) in [5, 5.41) is 4.46. The van der Waals surface area contributed by atoms with Crippen LogP contribution in [0.25, 0.3) is 5.57 Å². The number of hydrogen-bond acceptors (Lipinski definition) is 5. The molecule has 6 nitrogen and oxygen atoms in total. The van der Waals surface area contributed by atoms with E-state index in [1.54, 1.807) is 29.9 Å². The van der Waals surface area contributed by atoms with Crippen LogP contribution in [-0.4, -0.2) is 33.6 Å². The molecule has 0 bridgehead atoms. The topological polar surface area (TPSA) is 63.6 Å². The lowest BCUT2D eigenvalue weighted by Crippen LogP contribution is -2.29. The molecular weight excluding hydrogens is 527 g/mol. The molecule has 37 heavy (non-hydrogen) atoms. The minimum Gasteiger partial charge on any atom is -0.462 e. The Morgan fingerprint density at radius 1 is 1.24 bits per heavy atom. The average Bonchev–Trinajstić information content (AvgIpc) is 3.47. The Morgan fingerprint density at radius 2 is 1.92 bits per heavy atom. The molecule has 0 unspecified atom stereocenters. The Kier molecular flexibility index (Phi) is 10.00. The number of halogens is 4. The van der Waals surface area contributed by atoms with Gasteiger partial charge in [-0.1, -0.05) is 24.2 Å². The van der Waals surface area contributed by atoms with Crippen molar-refractivity contribution < 1.29 is 27.5 Å². The van der Waals surface area contributed by atoms with Crippen LogP contribution in [0.4, 0.5) is 13.2 Å². The van der Waals surface area contributed by atoms with Crippen LogP contribution in [0.15, 0.2) is 76.7 Å². The molecule has 200 valence electrons. The number of carbonyl (C=O) groups is 2. The zero-order chi connectivity index (χ0) is 28.0. The minimum absolute atomic E-state index is 0.0836. The second-order valence-corrected chi connectivity index (χ2v) is 10.4.